The van der Waals surface area contributed by atoms with Crippen molar-refractivity contribution >= 4 is 0 Å². The number of hydrogen-bond donors (Lipinski definition) is 1. The maximum Gasteiger partial charge on any atom is 0.123 e. The van der Waals surface area contributed by atoms with Gasteiger partial charge in [0, 0.05) is 24.9 Å². The van der Waals surface area contributed by atoms with Crippen LogP contribution in [-0.2, 0) is 0 Å². The highest BCUT2D eigenvalue weighted by Gasteiger charge is 2.27. The zero-order valence-corrected chi connectivity index (χ0v) is 7.84. The Balaban J connectivity index is 2.17. The van der Waals surface area contributed by atoms with Crippen LogP contribution in [0.5, 0.6) is 0 Å². The highest BCUT2D eigenvalue weighted by atomic mass is 19.1. The molecule has 1 aliphatic heterocycles. The van der Waals surface area contributed by atoms with Crippen molar-refractivity contribution in [1.29, 1.82) is 0 Å². The summed E-state index contributed by atoms with van der Waals surface area (Å²) in [6.07, 6.45) is 0. The average molecular weight is 197 g/mol. The first-order chi connectivity index (χ1) is 6.81. The summed E-state index contributed by atoms with van der Waals surface area (Å²) in [7, 11) is 0. The summed E-state index contributed by atoms with van der Waals surface area (Å²) in [4.78, 5) is 0. The van der Waals surface area contributed by atoms with E-state index in [0.29, 0.717) is 0 Å². The number of hydrogen-bond acceptors (Lipinski definition) is 1. The Morgan fingerprint density at radius 1 is 1.21 bits per heavy atom. The van der Waals surface area contributed by atoms with Gasteiger partial charge in [0.15, 0.2) is 0 Å². The zero-order chi connectivity index (χ0) is 9.97. The first kappa shape index (κ1) is 9.59. The molecule has 1 heterocycles. The van der Waals surface area contributed by atoms with Crippen molar-refractivity contribution in [2.45, 2.75) is 5.92 Å². The number of alkyl halides is 1. The molecule has 3 heteroatoms. The molecule has 0 unspecified atom stereocenters. The van der Waals surface area contributed by atoms with E-state index in [1.54, 1.807) is 12.1 Å². The standard InChI is InChI=1S/C11H13F2N/c12-5-9-6-14-7-11(9)8-1-3-10(13)4-2-8/h1-4,9,11,14H,5-7H2/t9-,11+/m0/s1. The second-order valence-corrected chi connectivity index (χ2v) is 3.73. The van der Waals surface area contributed by atoms with Crippen LogP contribution >= 0.6 is 0 Å². The molecule has 76 valence electrons. The summed E-state index contributed by atoms with van der Waals surface area (Å²) in [5.41, 5.74) is 1.03. The monoisotopic (exact) mass is 197 g/mol. The SMILES string of the molecule is FC[C@H]1CNC[C@@H]1c1ccc(F)cc1. The minimum absolute atomic E-state index is 0.0421. The van der Waals surface area contributed by atoms with E-state index in [1.165, 1.54) is 12.1 Å². The van der Waals surface area contributed by atoms with E-state index in [0.717, 1.165) is 18.7 Å². The zero-order valence-electron chi connectivity index (χ0n) is 7.84. The van der Waals surface area contributed by atoms with Crippen LogP contribution < -0.4 is 5.32 Å². The molecule has 1 aromatic carbocycles. The molecule has 2 rings (SSSR count). The van der Waals surface area contributed by atoms with Gasteiger partial charge in [-0.05, 0) is 17.7 Å². The van der Waals surface area contributed by atoms with E-state index in [1.807, 2.05) is 0 Å². The Morgan fingerprint density at radius 3 is 2.57 bits per heavy atom. The van der Waals surface area contributed by atoms with Crippen LogP contribution in [0.4, 0.5) is 8.78 Å². The van der Waals surface area contributed by atoms with Gasteiger partial charge in [0.25, 0.3) is 0 Å². The summed E-state index contributed by atoms with van der Waals surface area (Å²) >= 11 is 0. The average Bonchev–Trinajstić information content (AvgIpc) is 2.67. The molecule has 1 aromatic rings. The van der Waals surface area contributed by atoms with Crippen molar-refractivity contribution in [3.8, 4) is 0 Å². The Labute approximate surface area is 82.1 Å². The van der Waals surface area contributed by atoms with E-state index >= 15 is 0 Å². The summed E-state index contributed by atoms with van der Waals surface area (Å²) < 4.78 is 25.3. The molecular weight excluding hydrogens is 184 g/mol. The highest BCUT2D eigenvalue weighted by Crippen LogP contribution is 2.28. The van der Waals surface area contributed by atoms with E-state index in [9.17, 15) is 8.78 Å². The Bertz CT molecular complexity index is 297. The van der Waals surface area contributed by atoms with E-state index in [2.05, 4.69) is 5.32 Å². The van der Waals surface area contributed by atoms with Crippen molar-refractivity contribution in [2.24, 2.45) is 5.92 Å². The number of rotatable bonds is 2. The molecule has 1 N–H and O–H groups in total. The lowest BCUT2D eigenvalue weighted by molar-refractivity contribution is 0.358. The smallest absolute Gasteiger partial charge is 0.123 e. The molecule has 1 aliphatic rings. The molecule has 1 nitrogen and oxygen atoms in total. The van der Waals surface area contributed by atoms with Crippen LogP contribution in [-0.4, -0.2) is 19.8 Å². The van der Waals surface area contributed by atoms with Gasteiger partial charge in [-0.25, -0.2) is 4.39 Å². The van der Waals surface area contributed by atoms with Crippen LogP contribution in [0.2, 0.25) is 0 Å². The topological polar surface area (TPSA) is 12.0 Å². The van der Waals surface area contributed by atoms with Crippen LogP contribution in [0.15, 0.2) is 24.3 Å². The molecule has 1 fully saturated rings. The molecule has 14 heavy (non-hydrogen) atoms. The minimum Gasteiger partial charge on any atom is -0.316 e. The van der Waals surface area contributed by atoms with Gasteiger partial charge < -0.3 is 5.32 Å². The van der Waals surface area contributed by atoms with Crippen molar-refractivity contribution in [1.82, 2.24) is 5.32 Å². The predicted octanol–water partition coefficient (Wildman–Crippen LogP) is 2.10. The van der Waals surface area contributed by atoms with Crippen molar-refractivity contribution < 1.29 is 8.78 Å². The Hall–Kier alpha value is -0.960. The second-order valence-electron chi connectivity index (χ2n) is 3.73. The lowest BCUT2D eigenvalue weighted by atomic mass is 9.90. The molecule has 2 atom stereocenters. The number of nitrogens with one attached hydrogen (secondary N) is 1. The normalized spacial score (nSPS) is 26.7. The molecule has 0 bridgehead atoms. The van der Waals surface area contributed by atoms with E-state index < -0.39 is 0 Å². The lowest BCUT2D eigenvalue weighted by Crippen LogP contribution is -2.12. The first-order valence-electron chi connectivity index (χ1n) is 4.83. The highest BCUT2D eigenvalue weighted by molar-refractivity contribution is 5.23. The molecule has 0 aliphatic carbocycles. The molecular formula is C11H13F2N. The van der Waals surface area contributed by atoms with Crippen LogP contribution in [0.3, 0.4) is 0 Å². The van der Waals surface area contributed by atoms with Gasteiger partial charge in [0.1, 0.15) is 5.82 Å². The van der Waals surface area contributed by atoms with E-state index in [-0.39, 0.29) is 24.3 Å². The van der Waals surface area contributed by atoms with E-state index in [4.69, 9.17) is 0 Å². The summed E-state index contributed by atoms with van der Waals surface area (Å²) in [5.74, 6) is -0.00225. The van der Waals surface area contributed by atoms with Crippen molar-refractivity contribution in [2.75, 3.05) is 19.8 Å². The third-order valence-electron chi connectivity index (χ3n) is 2.84. The fraction of sp³-hybridized carbons (Fsp3) is 0.455. The van der Waals surface area contributed by atoms with Gasteiger partial charge in [0.05, 0.1) is 6.67 Å². The third kappa shape index (κ3) is 1.77. The van der Waals surface area contributed by atoms with Gasteiger partial charge in [-0.2, -0.15) is 0 Å². The number of halogens is 2. The fourth-order valence-electron chi connectivity index (χ4n) is 2.00. The maximum absolute atomic E-state index is 12.7. The Morgan fingerprint density at radius 2 is 1.93 bits per heavy atom. The lowest BCUT2D eigenvalue weighted by Gasteiger charge is -2.15. The molecule has 0 radical (unpaired) electrons. The van der Waals surface area contributed by atoms with Crippen LogP contribution in [0, 0.1) is 11.7 Å². The molecule has 0 aromatic heterocycles. The summed E-state index contributed by atoms with van der Waals surface area (Å²) in [6.45, 7) is 1.20. The van der Waals surface area contributed by atoms with Gasteiger partial charge in [0.2, 0.25) is 0 Å². The molecule has 0 saturated carbocycles. The maximum atomic E-state index is 12.7. The minimum atomic E-state index is -0.310. The van der Waals surface area contributed by atoms with Crippen molar-refractivity contribution in [3.63, 3.8) is 0 Å². The number of benzene rings is 1. The largest absolute Gasteiger partial charge is 0.316 e. The molecule has 1 saturated heterocycles. The third-order valence-corrected chi connectivity index (χ3v) is 2.84. The van der Waals surface area contributed by atoms with Gasteiger partial charge in [-0.15, -0.1) is 0 Å². The van der Waals surface area contributed by atoms with Crippen LogP contribution in [0.25, 0.3) is 0 Å². The first-order valence-corrected chi connectivity index (χ1v) is 4.83. The summed E-state index contributed by atoms with van der Waals surface area (Å²) in [5, 5.41) is 3.15. The second kappa shape index (κ2) is 4.05. The van der Waals surface area contributed by atoms with Gasteiger partial charge in [-0.1, -0.05) is 12.1 Å². The predicted molar refractivity (Wildman–Crippen MR) is 51.5 cm³/mol. The van der Waals surface area contributed by atoms with Gasteiger partial charge >= 0.3 is 0 Å². The summed E-state index contributed by atoms with van der Waals surface area (Å²) in [6, 6.07) is 6.36. The van der Waals surface area contributed by atoms with Gasteiger partial charge in [-0.3, -0.25) is 4.39 Å². The quantitative estimate of drug-likeness (QED) is 0.765. The van der Waals surface area contributed by atoms with Crippen LogP contribution in [0.1, 0.15) is 11.5 Å². The molecule has 0 spiro atoms. The fourth-order valence-corrected chi connectivity index (χ4v) is 2.00. The molecule has 0 amide bonds. The van der Waals surface area contributed by atoms with Crippen molar-refractivity contribution in [3.05, 3.63) is 35.6 Å². The Kier molecular flexibility index (Phi) is 2.77.